The molecule has 1 aromatic heterocycles. The van der Waals surface area contributed by atoms with Crippen molar-refractivity contribution < 1.29 is 0 Å². The van der Waals surface area contributed by atoms with Crippen molar-refractivity contribution in [1.29, 1.82) is 0 Å². The van der Waals surface area contributed by atoms with Gasteiger partial charge in [-0.25, -0.2) is 4.98 Å². The fraction of sp³-hybridized carbons (Fsp3) is 0.800. The molecule has 1 aliphatic heterocycles. The maximum absolute atomic E-state index is 4.78. The summed E-state index contributed by atoms with van der Waals surface area (Å²) in [5.74, 6) is 0.971. The minimum atomic E-state index is 0.553. The summed E-state index contributed by atoms with van der Waals surface area (Å²) in [7, 11) is 0. The fourth-order valence-corrected chi connectivity index (χ4v) is 4.93. The van der Waals surface area contributed by atoms with Crippen molar-refractivity contribution in [3.8, 4) is 0 Å². The van der Waals surface area contributed by atoms with E-state index in [0.717, 1.165) is 37.9 Å². The van der Waals surface area contributed by atoms with E-state index < -0.39 is 0 Å². The minimum Gasteiger partial charge on any atom is -0.357 e. The molecule has 1 saturated heterocycles. The van der Waals surface area contributed by atoms with Crippen LogP contribution in [-0.4, -0.2) is 54.1 Å². The van der Waals surface area contributed by atoms with Crippen molar-refractivity contribution in [3.05, 3.63) is 16.1 Å². The number of piperidine rings is 1. The van der Waals surface area contributed by atoms with Crippen LogP contribution in [0.2, 0.25) is 0 Å². The molecular formula is C20H35N5S. The Morgan fingerprint density at radius 1 is 1.23 bits per heavy atom. The van der Waals surface area contributed by atoms with Crippen molar-refractivity contribution in [3.63, 3.8) is 0 Å². The molecule has 6 heteroatoms. The zero-order valence-electron chi connectivity index (χ0n) is 16.5. The van der Waals surface area contributed by atoms with Crippen LogP contribution in [0.3, 0.4) is 0 Å². The van der Waals surface area contributed by atoms with Gasteiger partial charge in [0.15, 0.2) is 5.96 Å². The quantitative estimate of drug-likeness (QED) is 0.566. The van der Waals surface area contributed by atoms with Crippen LogP contribution in [0.25, 0.3) is 0 Å². The van der Waals surface area contributed by atoms with Crippen molar-refractivity contribution >= 4 is 17.3 Å². The molecule has 0 unspecified atom stereocenters. The predicted molar refractivity (Wildman–Crippen MR) is 111 cm³/mol. The largest absolute Gasteiger partial charge is 0.357 e. The molecule has 26 heavy (non-hydrogen) atoms. The van der Waals surface area contributed by atoms with Crippen LogP contribution in [0.5, 0.6) is 0 Å². The van der Waals surface area contributed by atoms with E-state index in [1.807, 2.05) is 17.5 Å². The second-order valence-electron chi connectivity index (χ2n) is 7.48. The Balaban J connectivity index is 1.43. The summed E-state index contributed by atoms with van der Waals surface area (Å²) in [6.45, 7) is 8.49. The van der Waals surface area contributed by atoms with Crippen molar-refractivity contribution in [1.82, 2.24) is 20.5 Å². The van der Waals surface area contributed by atoms with Gasteiger partial charge >= 0.3 is 0 Å². The van der Waals surface area contributed by atoms with Gasteiger partial charge in [-0.15, -0.1) is 11.3 Å². The summed E-state index contributed by atoms with van der Waals surface area (Å²) >= 11 is 1.82. The molecule has 2 aliphatic rings. The van der Waals surface area contributed by atoms with E-state index in [9.17, 15) is 0 Å². The highest BCUT2D eigenvalue weighted by Gasteiger charge is 2.27. The van der Waals surface area contributed by atoms with E-state index in [4.69, 9.17) is 4.99 Å². The first-order valence-corrected chi connectivity index (χ1v) is 11.3. The first-order valence-electron chi connectivity index (χ1n) is 10.5. The lowest BCUT2D eigenvalue weighted by Gasteiger charge is -2.36. The van der Waals surface area contributed by atoms with E-state index in [0.29, 0.717) is 6.04 Å². The van der Waals surface area contributed by atoms with E-state index >= 15 is 0 Å². The van der Waals surface area contributed by atoms with Gasteiger partial charge in [0.05, 0.1) is 5.01 Å². The van der Waals surface area contributed by atoms with Gasteiger partial charge in [-0.1, -0.05) is 19.8 Å². The molecule has 0 atom stereocenters. The third-order valence-corrected chi connectivity index (χ3v) is 6.80. The van der Waals surface area contributed by atoms with Crippen LogP contribution in [-0.2, 0) is 12.8 Å². The van der Waals surface area contributed by atoms with Crippen LogP contribution >= 0.6 is 11.3 Å². The maximum Gasteiger partial charge on any atom is 0.191 e. The molecule has 1 aromatic rings. The van der Waals surface area contributed by atoms with Gasteiger partial charge in [-0.2, -0.15) is 0 Å². The number of rotatable bonds is 7. The highest BCUT2D eigenvalue weighted by molar-refractivity contribution is 7.11. The second kappa shape index (κ2) is 10.3. The van der Waals surface area contributed by atoms with Crippen LogP contribution < -0.4 is 10.6 Å². The average molecular weight is 378 g/mol. The number of nitrogens with one attached hydrogen (secondary N) is 2. The smallest absolute Gasteiger partial charge is 0.191 e. The highest BCUT2D eigenvalue weighted by atomic mass is 32.1. The summed E-state index contributed by atoms with van der Waals surface area (Å²) in [4.78, 5) is 13.4. The van der Waals surface area contributed by atoms with Crippen LogP contribution in [0.1, 0.15) is 62.3 Å². The van der Waals surface area contributed by atoms with Gasteiger partial charge in [0.1, 0.15) is 0 Å². The summed E-state index contributed by atoms with van der Waals surface area (Å²) in [6, 6.07) is 1.42. The van der Waals surface area contributed by atoms with Crippen molar-refractivity contribution in [2.45, 2.75) is 77.3 Å². The van der Waals surface area contributed by atoms with Crippen LogP contribution in [0.15, 0.2) is 11.2 Å². The van der Waals surface area contributed by atoms with E-state index in [1.165, 1.54) is 61.5 Å². The SMILES string of the molecule is CCNC(=NCCc1ncc(CC)s1)NC1CCN(C2CCCC2)CC1. The molecular weight excluding hydrogens is 342 g/mol. The van der Waals surface area contributed by atoms with Crippen molar-refractivity contribution in [2.75, 3.05) is 26.2 Å². The number of nitrogens with zero attached hydrogens (tertiary/aromatic N) is 3. The Hall–Kier alpha value is -1.14. The number of aliphatic imine (C=N–C) groups is 1. The van der Waals surface area contributed by atoms with E-state index in [2.05, 4.69) is 34.4 Å². The maximum atomic E-state index is 4.78. The normalized spacial score (nSPS) is 20.6. The Bertz CT molecular complexity index is 556. The number of thiazole rings is 1. The summed E-state index contributed by atoms with van der Waals surface area (Å²) in [5.41, 5.74) is 0. The number of hydrogen-bond acceptors (Lipinski definition) is 4. The third kappa shape index (κ3) is 5.68. The second-order valence-corrected chi connectivity index (χ2v) is 8.68. The molecule has 1 saturated carbocycles. The minimum absolute atomic E-state index is 0.553. The molecule has 146 valence electrons. The zero-order chi connectivity index (χ0) is 18.2. The highest BCUT2D eigenvalue weighted by Crippen LogP contribution is 2.26. The molecule has 2 fully saturated rings. The number of aryl methyl sites for hydroxylation is 1. The summed E-state index contributed by atoms with van der Waals surface area (Å²) in [5, 5.41) is 8.27. The number of aromatic nitrogens is 1. The monoisotopic (exact) mass is 377 g/mol. The first-order chi connectivity index (χ1) is 12.8. The molecule has 2 heterocycles. The first kappa shape index (κ1) is 19.6. The third-order valence-electron chi connectivity index (χ3n) is 5.60. The lowest BCUT2D eigenvalue weighted by molar-refractivity contribution is 0.150. The van der Waals surface area contributed by atoms with Gasteiger partial charge < -0.3 is 15.5 Å². The van der Waals surface area contributed by atoms with Gasteiger partial charge in [0.2, 0.25) is 0 Å². The van der Waals surface area contributed by atoms with E-state index in [-0.39, 0.29) is 0 Å². The zero-order valence-corrected chi connectivity index (χ0v) is 17.3. The Morgan fingerprint density at radius 2 is 2.00 bits per heavy atom. The molecule has 5 nitrogen and oxygen atoms in total. The van der Waals surface area contributed by atoms with Gasteiger partial charge in [0.25, 0.3) is 0 Å². The Labute approximate surface area is 162 Å². The number of hydrogen-bond donors (Lipinski definition) is 2. The fourth-order valence-electron chi connectivity index (χ4n) is 4.08. The lowest BCUT2D eigenvalue weighted by atomic mass is 10.0. The summed E-state index contributed by atoms with van der Waals surface area (Å²) < 4.78 is 0. The van der Waals surface area contributed by atoms with Gasteiger partial charge in [0, 0.05) is 55.8 Å². The molecule has 0 aromatic carbocycles. The van der Waals surface area contributed by atoms with Crippen LogP contribution in [0.4, 0.5) is 0 Å². The number of likely N-dealkylation sites (tertiary alicyclic amines) is 1. The molecule has 3 rings (SSSR count). The lowest BCUT2D eigenvalue weighted by Crippen LogP contribution is -2.50. The Morgan fingerprint density at radius 3 is 2.65 bits per heavy atom. The molecule has 0 bridgehead atoms. The number of guanidine groups is 1. The van der Waals surface area contributed by atoms with Gasteiger partial charge in [-0.3, -0.25) is 4.99 Å². The van der Waals surface area contributed by atoms with Crippen LogP contribution in [0, 0.1) is 0 Å². The average Bonchev–Trinajstić information content (AvgIpc) is 3.34. The summed E-state index contributed by atoms with van der Waals surface area (Å²) in [6.07, 6.45) is 12.2. The predicted octanol–water partition coefficient (Wildman–Crippen LogP) is 3.21. The molecule has 0 spiro atoms. The van der Waals surface area contributed by atoms with Gasteiger partial charge in [-0.05, 0) is 39.0 Å². The molecule has 1 aliphatic carbocycles. The Kier molecular flexibility index (Phi) is 7.74. The standard InChI is InChI=1S/C20H35N5S/c1-3-18-15-23-19(26-18)9-12-22-20(21-4-2)24-16-10-13-25(14-11-16)17-7-5-6-8-17/h15-17H,3-14H2,1-2H3,(H2,21,22,24). The van der Waals surface area contributed by atoms with Crippen molar-refractivity contribution in [2.24, 2.45) is 4.99 Å². The van der Waals surface area contributed by atoms with E-state index in [1.54, 1.807) is 0 Å². The molecule has 0 amide bonds. The topological polar surface area (TPSA) is 52.6 Å². The molecule has 2 N–H and O–H groups in total. The molecule has 0 radical (unpaired) electrons.